The summed E-state index contributed by atoms with van der Waals surface area (Å²) < 4.78 is 0. The van der Waals surface area contributed by atoms with Crippen molar-refractivity contribution in [2.24, 2.45) is 11.7 Å². The minimum absolute atomic E-state index is 0.499. The second-order valence-electron chi connectivity index (χ2n) is 8.06. The SMILES string of the molecule is NC1CCC(CN(C2CCCCC2)C2CCCCC2)CC1. The van der Waals surface area contributed by atoms with Crippen molar-refractivity contribution in [2.45, 2.75) is 108 Å². The molecule has 3 saturated carbocycles. The smallest absolute Gasteiger partial charge is 0.00983 e. The van der Waals surface area contributed by atoms with Gasteiger partial charge in [-0.25, -0.2) is 0 Å². The molecule has 122 valence electrons. The zero-order chi connectivity index (χ0) is 14.5. The van der Waals surface area contributed by atoms with Crippen LogP contribution in [0.5, 0.6) is 0 Å². The molecular weight excluding hydrogens is 256 g/mol. The summed E-state index contributed by atoms with van der Waals surface area (Å²) in [5.74, 6) is 0.939. The maximum absolute atomic E-state index is 6.10. The van der Waals surface area contributed by atoms with Crippen LogP contribution in [-0.4, -0.2) is 29.6 Å². The highest BCUT2D eigenvalue weighted by Gasteiger charge is 2.31. The minimum Gasteiger partial charge on any atom is -0.328 e. The predicted octanol–water partition coefficient (Wildman–Crippen LogP) is 4.47. The molecule has 0 aliphatic heterocycles. The normalized spacial score (nSPS) is 33.4. The Labute approximate surface area is 131 Å². The van der Waals surface area contributed by atoms with Gasteiger partial charge < -0.3 is 5.73 Å². The van der Waals surface area contributed by atoms with E-state index in [1.54, 1.807) is 0 Å². The lowest BCUT2D eigenvalue weighted by molar-refractivity contribution is 0.0561. The van der Waals surface area contributed by atoms with Crippen LogP contribution >= 0.6 is 0 Å². The van der Waals surface area contributed by atoms with E-state index in [4.69, 9.17) is 5.73 Å². The Morgan fingerprint density at radius 3 is 1.57 bits per heavy atom. The van der Waals surface area contributed by atoms with Crippen LogP contribution in [-0.2, 0) is 0 Å². The number of rotatable bonds is 4. The second-order valence-corrected chi connectivity index (χ2v) is 8.06. The minimum atomic E-state index is 0.499. The largest absolute Gasteiger partial charge is 0.328 e. The van der Waals surface area contributed by atoms with E-state index < -0.39 is 0 Å². The first kappa shape index (κ1) is 15.8. The van der Waals surface area contributed by atoms with E-state index in [0.29, 0.717) is 6.04 Å². The summed E-state index contributed by atoms with van der Waals surface area (Å²) in [5.41, 5.74) is 6.10. The van der Waals surface area contributed by atoms with Gasteiger partial charge in [0.2, 0.25) is 0 Å². The monoisotopic (exact) mass is 292 g/mol. The lowest BCUT2D eigenvalue weighted by Crippen LogP contribution is -2.48. The molecule has 0 radical (unpaired) electrons. The molecule has 0 heterocycles. The fourth-order valence-corrected chi connectivity index (χ4v) is 5.09. The summed E-state index contributed by atoms with van der Waals surface area (Å²) in [7, 11) is 0. The Morgan fingerprint density at radius 2 is 1.10 bits per heavy atom. The molecule has 3 fully saturated rings. The molecule has 21 heavy (non-hydrogen) atoms. The summed E-state index contributed by atoms with van der Waals surface area (Å²) in [6.45, 7) is 1.39. The van der Waals surface area contributed by atoms with Gasteiger partial charge in [0.25, 0.3) is 0 Å². The molecule has 3 aliphatic rings. The van der Waals surface area contributed by atoms with Gasteiger partial charge in [-0.1, -0.05) is 38.5 Å². The molecule has 0 bridgehead atoms. The predicted molar refractivity (Wildman–Crippen MR) is 90.4 cm³/mol. The van der Waals surface area contributed by atoms with Gasteiger partial charge in [-0.15, -0.1) is 0 Å². The molecule has 0 spiro atoms. The Kier molecular flexibility index (Phi) is 5.99. The molecule has 0 aromatic carbocycles. The highest BCUT2D eigenvalue weighted by Crippen LogP contribution is 2.33. The van der Waals surface area contributed by atoms with E-state index in [1.807, 2.05) is 0 Å². The first-order chi connectivity index (χ1) is 10.3. The number of nitrogens with zero attached hydrogens (tertiary/aromatic N) is 1. The van der Waals surface area contributed by atoms with Gasteiger partial charge in [-0.2, -0.15) is 0 Å². The third-order valence-electron chi connectivity index (χ3n) is 6.45. The van der Waals surface area contributed by atoms with Crippen molar-refractivity contribution < 1.29 is 0 Å². The topological polar surface area (TPSA) is 29.3 Å². The van der Waals surface area contributed by atoms with Gasteiger partial charge in [0.15, 0.2) is 0 Å². The summed E-state index contributed by atoms with van der Waals surface area (Å²) in [6.07, 6.45) is 20.1. The van der Waals surface area contributed by atoms with Crippen LogP contribution in [0.4, 0.5) is 0 Å². The average Bonchev–Trinajstić information content (AvgIpc) is 2.56. The van der Waals surface area contributed by atoms with Gasteiger partial charge >= 0.3 is 0 Å². The number of hydrogen-bond acceptors (Lipinski definition) is 2. The maximum atomic E-state index is 6.10. The summed E-state index contributed by atoms with van der Waals surface area (Å²) in [4.78, 5) is 3.00. The second kappa shape index (κ2) is 7.97. The van der Waals surface area contributed by atoms with Gasteiger partial charge in [-0.3, -0.25) is 4.90 Å². The van der Waals surface area contributed by atoms with Crippen LogP contribution in [0.3, 0.4) is 0 Å². The van der Waals surface area contributed by atoms with Crippen molar-refractivity contribution in [1.82, 2.24) is 4.90 Å². The fraction of sp³-hybridized carbons (Fsp3) is 1.00. The van der Waals surface area contributed by atoms with Crippen LogP contribution < -0.4 is 5.73 Å². The quantitative estimate of drug-likeness (QED) is 0.828. The van der Waals surface area contributed by atoms with E-state index in [2.05, 4.69) is 4.90 Å². The Hall–Kier alpha value is -0.0800. The van der Waals surface area contributed by atoms with Crippen molar-refractivity contribution in [1.29, 1.82) is 0 Å². The lowest BCUT2D eigenvalue weighted by atomic mass is 9.83. The Balaban J connectivity index is 1.60. The summed E-state index contributed by atoms with van der Waals surface area (Å²) >= 11 is 0. The molecule has 0 unspecified atom stereocenters. The Bertz CT molecular complexity index is 266. The fourth-order valence-electron chi connectivity index (χ4n) is 5.09. The van der Waals surface area contributed by atoms with E-state index >= 15 is 0 Å². The van der Waals surface area contributed by atoms with E-state index in [0.717, 1.165) is 18.0 Å². The molecule has 2 nitrogen and oxygen atoms in total. The first-order valence-corrected chi connectivity index (χ1v) is 9.84. The highest BCUT2D eigenvalue weighted by atomic mass is 15.2. The van der Waals surface area contributed by atoms with Crippen LogP contribution in [0, 0.1) is 5.92 Å². The number of hydrogen-bond donors (Lipinski definition) is 1. The van der Waals surface area contributed by atoms with E-state index in [1.165, 1.54) is 96.4 Å². The molecule has 0 atom stereocenters. The molecule has 3 rings (SSSR count). The van der Waals surface area contributed by atoms with Crippen molar-refractivity contribution in [2.75, 3.05) is 6.54 Å². The van der Waals surface area contributed by atoms with Gasteiger partial charge in [0.05, 0.1) is 0 Å². The molecular formula is C19H36N2. The van der Waals surface area contributed by atoms with Crippen molar-refractivity contribution in [3.8, 4) is 0 Å². The zero-order valence-corrected chi connectivity index (χ0v) is 13.9. The van der Waals surface area contributed by atoms with Crippen LogP contribution in [0.25, 0.3) is 0 Å². The van der Waals surface area contributed by atoms with Gasteiger partial charge in [-0.05, 0) is 57.3 Å². The zero-order valence-electron chi connectivity index (χ0n) is 13.9. The van der Waals surface area contributed by atoms with Gasteiger partial charge in [0.1, 0.15) is 0 Å². The van der Waals surface area contributed by atoms with Crippen LogP contribution in [0.15, 0.2) is 0 Å². The third-order valence-corrected chi connectivity index (χ3v) is 6.45. The molecule has 0 amide bonds. The van der Waals surface area contributed by atoms with Crippen molar-refractivity contribution in [3.05, 3.63) is 0 Å². The summed E-state index contributed by atoms with van der Waals surface area (Å²) in [5, 5.41) is 0. The molecule has 0 saturated heterocycles. The van der Waals surface area contributed by atoms with Crippen molar-refractivity contribution >= 4 is 0 Å². The Morgan fingerprint density at radius 1 is 0.619 bits per heavy atom. The molecule has 3 aliphatic carbocycles. The maximum Gasteiger partial charge on any atom is 0.00983 e. The first-order valence-electron chi connectivity index (χ1n) is 9.84. The van der Waals surface area contributed by atoms with E-state index in [9.17, 15) is 0 Å². The van der Waals surface area contributed by atoms with Crippen LogP contribution in [0.2, 0.25) is 0 Å². The molecule has 2 N–H and O–H groups in total. The highest BCUT2D eigenvalue weighted by molar-refractivity contribution is 4.86. The average molecular weight is 293 g/mol. The van der Waals surface area contributed by atoms with Crippen LogP contribution in [0.1, 0.15) is 89.9 Å². The van der Waals surface area contributed by atoms with Crippen molar-refractivity contribution in [3.63, 3.8) is 0 Å². The molecule has 0 aromatic rings. The molecule has 0 aromatic heterocycles. The standard InChI is InChI=1S/C19H36N2/c20-17-13-11-16(12-14-17)15-21(18-7-3-1-4-8-18)19-9-5-2-6-10-19/h16-19H,1-15,20H2. The number of nitrogens with two attached hydrogens (primary N) is 1. The van der Waals surface area contributed by atoms with E-state index in [-0.39, 0.29) is 0 Å². The van der Waals surface area contributed by atoms with Gasteiger partial charge in [0, 0.05) is 24.7 Å². The lowest BCUT2D eigenvalue weighted by Gasteiger charge is -2.44. The molecule has 2 heteroatoms. The summed E-state index contributed by atoms with van der Waals surface area (Å²) in [6, 6.07) is 2.33. The third kappa shape index (κ3) is 4.45.